The van der Waals surface area contributed by atoms with E-state index in [2.05, 4.69) is 0 Å². The van der Waals surface area contributed by atoms with Gasteiger partial charge in [-0.3, -0.25) is 0 Å². The molecule has 0 aromatic carbocycles. The average molecular weight is 340 g/mol. The summed E-state index contributed by atoms with van der Waals surface area (Å²) in [4.78, 5) is 0. The highest BCUT2D eigenvalue weighted by Crippen LogP contribution is 2.40. The number of rotatable bonds is 8. The molecule has 5 aliphatic rings. The first kappa shape index (κ1) is 16.0. The molecule has 2 aliphatic carbocycles. The van der Waals surface area contributed by atoms with Crippen LogP contribution in [0.1, 0.15) is 38.5 Å². The number of ether oxygens (including phenoxy) is 6. The highest BCUT2D eigenvalue weighted by molar-refractivity contribution is 4.92. The Morgan fingerprint density at radius 1 is 0.708 bits per heavy atom. The van der Waals surface area contributed by atoms with Crippen molar-refractivity contribution in [2.45, 2.75) is 68.7 Å². The van der Waals surface area contributed by atoms with Gasteiger partial charge in [0, 0.05) is 13.2 Å². The molecule has 6 atom stereocenters. The number of hydrogen-bond acceptors (Lipinski definition) is 6. The minimum atomic E-state index is -0.680. The van der Waals surface area contributed by atoms with Gasteiger partial charge in [0.2, 0.25) is 5.79 Å². The summed E-state index contributed by atoms with van der Waals surface area (Å²) in [7, 11) is 0. The summed E-state index contributed by atoms with van der Waals surface area (Å²) in [5.41, 5.74) is 0. The molecule has 0 spiro atoms. The molecule has 0 bridgehead atoms. The summed E-state index contributed by atoms with van der Waals surface area (Å²) < 4.78 is 34.2. The third-order valence-electron chi connectivity index (χ3n) is 6.22. The van der Waals surface area contributed by atoms with Crippen molar-refractivity contribution in [1.82, 2.24) is 0 Å². The molecular weight excluding hydrogens is 312 g/mol. The van der Waals surface area contributed by atoms with Gasteiger partial charge in [0.25, 0.3) is 0 Å². The second-order valence-corrected chi connectivity index (χ2v) is 8.13. The highest BCUT2D eigenvalue weighted by atomic mass is 16.9. The van der Waals surface area contributed by atoms with Crippen molar-refractivity contribution in [3.8, 4) is 0 Å². The Balaban J connectivity index is 1.00. The maximum Gasteiger partial charge on any atom is 0.220 e. The lowest BCUT2D eigenvalue weighted by Crippen LogP contribution is -2.54. The zero-order chi connectivity index (χ0) is 16.0. The van der Waals surface area contributed by atoms with Gasteiger partial charge in [0.1, 0.15) is 13.2 Å². The van der Waals surface area contributed by atoms with Gasteiger partial charge < -0.3 is 28.4 Å². The molecular formula is C18H28O6. The van der Waals surface area contributed by atoms with Crippen molar-refractivity contribution in [1.29, 1.82) is 0 Å². The van der Waals surface area contributed by atoms with Gasteiger partial charge >= 0.3 is 0 Å². The maximum atomic E-state index is 5.91. The molecule has 6 nitrogen and oxygen atoms in total. The molecule has 0 aromatic heterocycles. The SMILES string of the molecule is C1OC(COCC2CCC3OC3C2)(COCC2CCC3OC3C2)O1. The van der Waals surface area contributed by atoms with Crippen molar-refractivity contribution < 1.29 is 28.4 Å². The molecule has 0 aromatic rings. The van der Waals surface area contributed by atoms with Crippen molar-refractivity contribution in [3.05, 3.63) is 0 Å². The van der Waals surface area contributed by atoms with E-state index in [9.17, 15) is 0 Å². The van der Waals surface area contributed by atoms with Crippen LogP contribution in [0.25, 0.3) is 0 Å². The predicted molar refractivity (Wildman–Crippen MR) is 83.4 cm³/mol. The maximum absolute atomic E-state index is 5.91. The summed E-state index contributed by atoms with van der Waals surface area (Å²) in [6, 6.07) is 0. The highest BCUT2D eigenvalue weighted by Gasteiger charge is 2.46. The molecule has 0 N–H and O–H groups in total. The van der Waals surface area contributed by atoms with Crippen LogP contribution in [0.3, 0.4) is 0 Å². The van der Waals surface area contributed by atoms with E-state index in [1.54, 1.807) is 0 Å². The standard InChI is InChI=1S/C18H28O6/c1-3-14-16(23-14)5-12(1)7-19-9-18(21-11-22-18)10-20-8-13-2-4-15-17(6-13)24-15/h12-17H,1-11H2. The Kier molecular flexibility index (Phi) is 4.32. The van der Waals surface area contributed by atoms with Gasteiger partial charge in [-0.05, 0) is 50.4 Å². The summed E-state index contributed by atoms with van der Waals surface area (Å²) >= 11 is 0. The van der Waals surface area contributed by atoms with Crippen LogP contribution in [0.5, 0.6) is 0 Å². The molecule has 5 fully saturated rings. The minimum absolute atomic E-state index is 0.342. The van der Waals surface area contributed by atoms with Gasteiger partial charge in [0.05, 0.1) is 24.4 Å². The van der Waals surface area contributed by atoms with E-state index in [1.165, 1.54) is 25.7 Å². The quantitative estimate of drug-likeness (QED) is 0.629. The Morgan fingerprint density at radius 3 is 1.67 bits per heavy atom. The molecule has 6 heteroatoms. The Morgan fingerprint density at radius 2 is 1.25 bits per heavy atom. The van der Waals surface area contributed by atoms with Gasteiger partial charge in [0.15, 0.2) is 6.79 Å². The smallest absolute Gasteiger partial charge is 0.220 e. The third-order valence-corrected chi connectivity index (χ3v) is 6.22. The predicted octanol–water partition coefficient (Wildman–Crippen LogP) is 1.86. The molecule has 6 unspecified atom stereocenters. The van der Waals surface area contributed by atoms with Crippen LogP contribution < -0.4 is 0 Å². The second kappa shape index (κ2) is 6.49. The molecule has 3 saturated heterocycles. The minimum Gasteiger partial charge on any atom is -0.375 e. The fraction of sp³-hybridized carbons (Fsp3) is 1.00. The molecule has 5 rings (SSSR count). The lowest BCUT2D eigenvalue weighted by molar-refractivity contribution is -0.420. The van der Waals surface area contributed by atoms with Crippen LogP contribution in [0, 0.1) is 11.8 Å². The van der Waals surface area contributed by atoms with Crippen LogP contribution in [-0.4, -0.2) is 63.4 Å². The van der Waals surface area contributed by atoms with Crippen molar-refractivity contribution in [2.24, 2.45) is 11.8 Å². The Hall–Kier alpha value is -0.240. The van der Waals surface area contributed by atoms with Crippen molar-refractivity contribution in [2.75, 3.05) is 33.2 Å². The summed E-state index contributed by atoms with van der Waals surface area (Å²) in [5, 5.41) is 0. The molecule has 0 radical (unpaired) electrons. The van der Waals surface area contributed by atoms with E-state index in [-0.39, 0.29) is 0 Å². The average Bonchev–Trinajstić information content (AvgIpc) is 3.44. The molecule has 3 heterocycles. The lowest BCUT2D eigenvalue weighted by Gasteiger charge is -2.41. The van der Waals surface area contributed by atoms with Gasteiger partial charge in [-0.2, -0.15) is 0 Å². The fourth-order valence-electron chi connectivity index (χ4n) is 4.47. The van der Waals surface area contributed by atoms with Crippen molar-refractivity contribution in [3.63, 3.8) is 0 Å². The van der Waals surface area contributed by atoms with E-state index >= 15 is 0 Å². The molecule has 0 amide bonds. The van der Waals surface area contributed by atoms with Crippen LogP contribution >= 0.6 is 0 Å². The first-order valence-electron chi connectivity index (χ1n) is 9.54. The Labute approximate surface area is 143 Å². The number of epoxide rings is 2. The van der Waals surface area contributed by atoms with Crippen molar-refractivity contribution >= 4 is 0 Å². The Bertz CT molecular complexity index is 417. The van der Waals surface area contributed by atoms with E-state index < -0.39 is 5.79 Å². The molecule has 24 heavy (non-hydrogen) atoms. The summed E-state index contributed by atoms with van der Waals surface area (Å²) in [6.07, 6.45) is 9.18. The first-order valence-corrected chi connectivity index (χ1v) is 9.54. The van der Waals surface area contributed by atoms with Gasteiger partial charge in [-0.25, -0.2) is 0 Å². The van der Waals surface area contributed by atoms with E-state index in [4.69, 9.17) is 28.4 Å². The topological polar surface area (TPSA) is 62.0 Å². The third kappa shape index (κ3) is 3.50. The zero-order valence-corrected chi connectivity index (χ0v) is 14.2. The molecule has 2 saturated carbocycles. The van der Waals surface area contributed by atoms with Crippen LogP contribution in [0.2, 0.25) is 0 Å². The number of fused-ring (bicyclic) bond motifs is 2. The monoisotopic (exact) mass is 340 g/mol. The molecule has 136 valence electrons. The van der Waals surface area contributed by atoms with Crippen LogP contribution in [0.4, 0.5) is 0 Å². The van der Waals surface area contributed by atoms with Crippen LogP contribution in [0.15, 0.2) is 0 Å². The van der Waals surface area contributed by atoms with E-state index in [0.29, 0.717) is 56.3 Å². The van der Waals surface area contributed by atoms with E-state index in [1.807, 2.05) is 0 Å². The summed E-state index contributed by atoms with van der Waals surface area (Å²) in [5.74, 6) is 0.543. The van der Waals surface area contributed by atoms with Crippen LogP contribution in [-0.2, 0) is 28.4 Å². The second-order valence-electron chi connectivity index (χ2n) is 8.13. The normalized spacial score (nSPS) is 45.0. The fourth-order valence-corrected chi connectivity index (χ4v) is 4.47. The first-order chi connectivity index (χ1) is 11.8. The molecule has 3 aliphatic heterocycles. The lowest BCUT2D eigenvalue weighted by atomic mass is 9.90. The van der Waals surface area contributed by atoms with Gasteiger partial charge in [-0.1, -0.05) is 0 Å². The van der Waals surface area contributed by atoms with Gasteiger partial charge in [-0.15, -0.1) is 0 Å². The summed E-state index contributed by atoms with van der Waals surface area (Å²) in [6.45, 7) is 2.79. The number of hydrogen-bond donors (Lipinski definition) is 0. The zero-order valence-electron chi connectivity index (χ0n) is 14.2. The largest absolute Gasteiger partial charge is 0.375 e. The van der Waals surface area contributed by atoms with E-state index in [0.717, 1.165) is 26.1 Å².